The van der Waals surface area contributed by atoms with E-state index in [1.807, 2.05) is 42.5 Å². The van der Waals surface area contributed by atoms with Crippen molar-refractivity contribution in [2.24, 2.45) is 0 Å². The second-order valence-corrected chi connectivity index (χ2v) is 7.51. The van der Waals surface area contributed by atoms with Gasteiger partial charge in [0.2, 0.25) is 11.8 Å². The number of amides is 2. The minimum atomic E-state index is -0.105. The second kappa shape index (κ2) is 10.6. The predicted molar refractivity (Wildman–Crippen MR) is 119 cm³/mol. The maximum atomic E-state index is 12.3. The van der Waals surface area contributed by atoms with E-state index in [4.69, 9.17) is 4.74 Å². The molecule has 1 aliphatic heterocycles. The molecule has 0 aromatic heterocycles. The Labute approximate surface area is 177 Å². The van der Waals surface area contributed by atoms with Gasteiger partial charge in [-0.3, -0.25) is 14.5 Å². The van der Waals surface area contributed by atoms with Gasteiger partial charge in [0.25, 0.3) is 0 Å². The summed E-state index contributed by atoms with van der Waals surface area (Å²) in [5.41, 5.74) is 2.84. The summed E-state index contributed by atoms with van der Waals surface area (Å²) in [7, 11) is 1.70. The molecule has 0 atom stereocenters. The minimum absolute atomic E-state index is 0.0795. The number of methoxy groups -OCH3 is 1. The number of carbonyl (C=O) groups excluding carboxylic acids is 2. The fourth-order valence-electron chi connectivity index (χ4n) is 3.61. The summed E-state index contributed by atoms with van der Waals surface area (Å²) in [5.74, 6) is 0.735. The molecule has 1 aliphatic rings. The number of rotatable bonds is 7. The van der Waals surface area contributed by atoms with Crippen molar-refractivity contribution in [3.8, 4) is 5.75 Å². The van der Waals surface area contributed by atoms with Gasteiger partial charge >= 0.3 is 0 Å². The van der Waals surface area contributed by atoms with Crippen LogP contribution in [0, 0.1) is 0 Å². The van der Waals surface area contributed by atoms with Crippen molar-refractivity contribution in [1.82, 2.24) is 10.2 Å². The first-order chi connectivity index (χ1) is 14.5. The van der Waals surface area contributed by atoms with E-state index >= 15 is 0 Å². The molecule has 0 saturated carbocycles. The topological polar surface area (TPSA) is 70.7 Å². The third kappa shape index (κ3) is 6.46. The van der Waals surface area contributed by atoms with Gasteiger partial charge in [0.15, 0.2) is 0 Å². The molecule has 2 amide bonds. The number of nitrogens with zero attached hydrogens (tertiary/aromatic N) is 1. The number of anilines is 1. The van der Waals surface area contributed by atoms with Crippen LogP contribution in [-0.4, -0.2) is 43.0 Å². The van der Waals surface area contributed by atoms with Crippen LogP contribution in [-0.2, 0) is 16.1 Å². The lowest BCUT2D eigenvalue weighted by Gasteiger charge is -2.32. The molecule has 0 bridgehead atoms. The molecule has 2 aromatic carbocycles. The third-order valence-corrected chi connectivity index (χ3v) is 5.18. The highest BCUT2D eigenvalue weighted by Crippen LogP contribution is 2.21. The van der Waals surface area contributed by atoms with Crippen LogP contribution in [0.5, 0.6) is 5.75 Å². The Hall–Kier alpha value is -3.12. The quantitative estimate of drug-likeness (QED) is 0.690. The lowest BCUT2D eigenvalue weighted by molar-refractivity contribution is -0.117. The zero-order valence-electron chi connectivity index (χ0n) is 17.6. The number of hydrogen-bond acceptors (Lipinski definition) is 4. The van der Waals surface area contributed by atoms with Crippen LogP contribution in [0.2, 0.25) is 0 Å². The van der Waals surface area contributed by atoms with Crippen molar-refractivity contribution in [2.75, 3.05) is 25.5 Å². The number of benzene rings is 2. The molecule has 30 heavy (non-hydrogen) atoms. The SMILES string of the molecule is COc1ccccc1CN1CCC(NC(=O)C=Cc2ccc(NC(C)=O)cc2)CC1. The summed E-state index contributed by atoms with van der Waals surface area (Å²) in [6.45, 7) is 4.22. The van der Waals surface area contributed by atoms with Crippen LogP contribution >= 0.6 is 0 Å². The first-order valence-corrected chi connectivity index (χ1v) is 10.2. The molecule has 6 nitrogen and oxygen atoms in total. The molecule has 0 unspecified atom stereocenters. The molecule has 0 spiro atoms. The van der Waals surface area contributed by atoms with E-state index in [0.29, 0.717) is 0 Å². The Morgan fingerprint density at radius 3 is 2.47 bits per heavy atom. The fourth-order valence-corrected chi connectivity index (χ4v) is 3.61. The highest BCUT2D eigenvalue weighted by Gasteiger charge is 2.20. The molecule has 0 radical (unpaired) electrons. The molecule has 1 saturated heterocycles. The standard InChI is InChI=1S/C24H29N3O3/c1-18(28)25-21-10-7-19(8-11-21)9-12-24(29)26-22-13-15-27(16-14-22)17-20-5-3-4-6-23(20)30-2/h3-12,22H,13-17H2,1-2H3,(H,25,28)(H,26,29). The molecule has 0 aliphatic carbocycles. The number of likely N-dealkylation sites (tertiary alicyclic amines) is 1. The molecule has 2 N–H and O–H groups in total. The third-order valence-electron chi connectivity index (χ3n) is 5.18. The Morgan fingerprint density at radius 1 is 1.10 bits per heavy atom. The van der Waals surface area contributed by atoms with Crippen molar-refractivity contribution in [3.05, 3.63) is 65.7 Å². The van der Waals surface area contributed by atoms with Gasteiger partial charge in [-0.1, -0.05) is 30.3 Å². The van der Waals surface area contributed by atoms with Crippen LogP contribution in [0.3, 0.4) is 0 Å². The lowest BCUT2D eigenvalue weighted by Crippen LogP contribution is -2.43. The smallest absolute Gasteiger partial charge is 0.244 e. The van der Waals surface area contributed by atoms with Crippen LogP contribution < -0.4 is 15.4 Å². The minimum Gasteiger partial charge on any atom is -0.496 e. The van der Waals surface area contributed by atoms with Gasteiger partial charge < -0.3 is 15.4 Å². The summed E-state index contributed by atoms with van der Waals surface area (Å²) in [5, 5.41) is 5.82. The van der Waals surface area contributed by atoms with Crippen LogP contribution in [0.15, 0.2) is 54.6 Å². The van der Waals surface area contributed by atoms with Crippen molar-refractivity contribution >= 4 is 23.6 Å². The summed E-state index contributed by atoms with van der Waals surface area (Å²) in [6.07, 6.45) is 5.21. The normalized spacial score (nSPS) is 15.1. The summed E-state index contributed by atoms with van der Waals surface area (Å²) < 4.78 is 5.44. The molecular weight excluding hydrogens is 378 g/mol. The summed E-state index contributed by atoms with van der Waals surface area (Å²) in [4.78, 5) is 25.7. The van der Waals surface area contributed by atoms with E-state index in [1.54, 1.807) is 19.3 Å². The van der Waals surface area contributed by atoms with Crippen LogP contribution in [0.25, 0.3) is 6.08 Å². The average molecular weight is 408 g/mol. The van der Waals surface area contributed by atoms with Gasteiger partial charge in [-0.2, -0.15) is 0 Å². The highest BCUT2D eigenvalue weighted by molar-refractivity contribution is 5.92. The number of piperidine rings is 1. The van der Waals surface area contributed by atoms with Gasteiger partial charge in [-0.25, -0.2) is 0 Å². The first-order valence-electron chi connectivity index (χ1n) is 10.2. The molecule has 6 heteroatoms. The predicted octanol–water partition coefficient (Wildman–Crippen LogP) is 3.45. The monoisotopic (exact) mass is 407 g/mol. The average Bonchev–Trinajstić information content (AvgIpc) is 2.75. The van der Waals surface area contributed by atoms with E-state index in [0.717, 1.165) is 49.5 Å². The number of hydrogen-bond donors (Lipinski definition) is 2. The maximum absolute atomic E-state index is 12.3. The number of carbonyl (C=O) groups is 2. The van der Waals surface area contributed by atoms with E-state index < -0.39 is 0 Å². The summed E-state index contributed by atoms with van der Waals surface area (Å²) in [6, 6.07) is 15.7. The maximum Gasteiger partial charge on any atom is 0.244 e. The number of ether oxygens (including phenoxy) is 1. The van der Waals surface area contributed by atoms with E-state index in [-0.39, 0.29) is 17.9 Å². The molecule has 158 valence electrons. The van der Waals surface area contributed by atoms with Gasteiger partial charge in [0, 0.05) is 49.9 Å². The Kier molecular flexibility index (Phi) is 7.63. The fraction of sp³-hybridized carbons (Fsp3) is 0.333. The Bertz CT molecular complexity index is 885. The van der Waals surface area contributed by atoms with Gasteiger partial charge in [-0.15, -0.1) is 0 Å². The largest absolute Gasteiger partial charge is 0.496 e. The first kappa shape index (κ1) is 21.6. The van der Waals surface area contributed by atoms with Crippen LogP contribution in [0.1, 0.15) is 30.9 Å². The van der Waals surface area contributed by atoms with Gasteiger partial charge in [-0.05, 0) is 42.7 Å². The lowest BCUT2D eigenvalue weighted by atomic mass is 10.0. The van der Waals surface area contributed by atoms with E-state index in [2.05, 4.69) is 21.6 Å². The van der Waals surface area contributed by atoms with Gasteiger partial charge in [0.05, 0.1) is 7.11 Å². The molecule has 2 aromatic rings. The van der Waals surface area contributed by atoms with Crippen molar-refractivity contribution in [2.45, 2.75) is 32.4 Å². The van der Waals surface area contributed by atoms with Crippen LogP contribution in [0.4, 0.5) is 5.69 Å². The van der Waals surface area contributed by atoms with Crippen molar-refractivity contribution in [1.29, 1.82) is 0 Å². The van der Waals surface area contributed by atoms with Crippen molar-refractivity contribution in [3.63, 3.8) is 0 Å². The highest BCUT2D eigenvalue weighted by atomic mass is 16.5. The van der Waals surface area contributed by atoms with Gasteiger partial charge in [0.1, 0.15) is 5.75 Å². The molecule has 1 fully saturated rings. The Balaban J connectivity index is 1.43. The molecule has 1 heterocycles. The zero-order valence-corrected chi connectivity index (χ0v) is 17.6. The number of nitrogens with one attached hydrogen (secondary N) is 2. The number of para-hydroxylation sites is 1. The van der Waals surface area contributed by atoms with E-state index in [1.165, 1.54) is 12.5 Å². The zero-order chi connectivity index (χ0) is 21.3. The Morgan fingerprint density at radius 2 is 1.80 bits per heavy atom. The second-order valence-electron chi connectivity index (χ2n) is 7.51. The molecule has 3 rings (SSSR count). The van der Waals surface area contributed by atoms with Crippen molar-refractivity contribution < 1.29 is 14.3 Å². The summed E-state index contributed by atoms with van der Waals surface area (Å²) >= 11 is 0. The van der Waals surface area contributed by atoms with E-state index in [9.17, 15) is 9.59 Å². The molecular formula is C24H29N3O3.